The summed E-state index contributed by atoms with van der Waals surface area (Å²) in [6.07, 6.45) is 1.69. The number of anilines is 1. The van der Waals surface area contributed by atoms with Crippen molar-refractivity contribution in [2.75, 3.05) is 12.4 Å². The van der Waals surface area contributed by atoms with E-state index in [9.17, 15) is 9.59 Å². The molecule has 1 aliphatic rings. The summed E-state index contributed by atoms with van der Waals surface area (Å²) in [6, 6.07) is 11.8. The van der Waals surface area contributed by atoms with Crippen LogP contribution in [0.4, 0.5) is 10.5 Å². The highest BCUT2D eigenvalue weighted by Crippen LogP contribution is 2.30. The van der Waals surface area contributed by atoms with Crippen LogP contribution in [0.15, 0.2) is 59.9 Å². The first-order valence-electron chi connectivity index (χ1n) is 8.72. The van der Waals surface area contributed by atoms with Gasteiger partial charge >= 0.3 is 6.03 Å². The van der Waals surface area contributed by atoms with E-state index >= 15 is 0 Å². The summed E-state index contributed by atoms with van der Waals surface area (Å²) in [7, 11) is 1.57. The Bertz CT molecular complexity index is 1100. The first-order valence-corrected chi connectivity index (χ1v) is 8.72. The summed E-state index contributed by atoms with van der Waals surface area (Å²) in [4.78, 5) is 25.1. The Balaban J connectivity index is 1.67. The highest BCUT2D eigenvalue weighted by Gasteiger charge is 2.31. The van der Waals surface area contributed by atoms with Crippen molar-refractivity contribution in [3.05, 3.63) is 65.5 Å². The maximum atomic E-state index is 13.1. The Labute approximate surface area is 161 Å². The van der Waals surface area contributed by atoms with Crippen molar-refractivity contribution in [1.29, 1.82) is 0 Å². The minimum absolute atomic E-state index is 0.305. The number of urea groups is 1. The van der Waals surface area contributed by atoms with Crippen LogP contribution in [0.1, 0.15) is 18.5 Å². The van der Waals surface area contributed by atoms with Gasteiger partial charge < -0.3 is 20.7 Å². The zero-order chi connectivity index (χ0) is 19.7. The normalized spacial score (nSPS) is 16.5. The average Bonchev–Trinajstić information content (AvgIpc) is 3.15. The minimum atomic E-state index is -0.596. The number of H-pyrrole nitrogens is 1. The summed E-state index contributed by atoms with van der Waals surface area (Å²) in [5.41, 5.74) is 3.21. The van der Waals surface area contributed by atoms with Crippen molar-refractivity contribution in [2.24, 2.45) is 0 Å². The predicted octanol–water partition coefficient (Wildman–Crippen LogP) is 2.84. The molecule has 142 valence electrons. The van der Waals surface area contributed by atoms with Crippen LogP contribution >= 0.6 is 0 Å². The molecule has 3 aromatic rings. The van der Waals surface area contributed by atoms with Crippen LogP contribution in [0, 0.1) is 0 Å². The topological polar surface area (TPSA) is 108 Å². The number of aromatic amines is 1. The standard InChI is InChI=1S/C20H19N5O3/c1-11-17(19(26)23-14-6-7-16-13(8-14)10-21-25-16)18(24-20(27)22-11)12-4-3-5-15(9-12)28-2/h3-10,18H,1-2H3,(H,21,25)(H,23,26)(H2,22,24,27). The van der Waals surface area contributed by atoms with Crippen molar-refractivity contribution >= 4 is 28.5 Å². The molecule has 3 amide bonds. The maximum Gasteiger partial charge on any atom is 0.319 e. The fraction of sp³-hybridized carbons (Fsp3) is 0.150. The number of methoxy groups -OCH3 is 1. The second-order valence-corrected chi connectivity index (χ2v) is 6.47. The first kappa shape index (κ1) is 17.6. The lowest BCUT2D eigenvalue weighted by Crippen LogP contribution is -2.45. The van der Waals surface area contributed by atoms with Gasteiger partial charge in [-0.3, -0.25) is 9.89 Å². The van der Waals surface area contributed by atoms with Gasteiger partial charge in [0.1, 0.15) is 5.75 Å². The Morgan fingerprint density at radius 1 is 1.21 bits per heavy atom. The van der Waals surface area contributed by atoms with E-state index < -0.39 is 6.04 Å². The van der Waals surface area contributed by atoms with E-state index in [-0.39, 0.29) is 11.9 Å². The molecular formula is C20H19N5O3. The monoisotopic (exact) mass is 377 g/mol. The number of hydrogen-bond donors (Lipinski definition) is 4. The molecule has 1 aromatic heterocycles. The van der Waals surface area contributed by atoms with Crippen LogP contribution in [0.25, 0.3) is 10.9 Å². The van der Waals surface area contributed by atoms with Crippen LogP contribution in [0.2, 0.25) is 0 Å². The highest BCUT2D eigenvalue weighted by molar-refractivity contribution is 6.07. The first-order chi connectivity index (χ1) is 13.5. The van der Waals surface area contributed by atoms with Gasteiger partial charge in [-0.1, -0.05) is 12.1 Å². The number of rotatable bonds is 4. The van der Waals surface area contributed by atoms with E-state index in [2.05, 4.69) is 26.1 Å². The van der Waals surface area contributed by atoms with Gasteiger partial charge in [-0.05, 0) is 42.8 Å². The molecule has 0 spiro atoms. The molecule has 4 rings (SSSR count). The van der Waals surface area contributed by atoms with Gasteiger partial charge in [-0.2, -0.15) is 5.10 Å². The zero-order valence-electron chi connectivity index (χ0n) is 15.4. The number of allylic oxidation sites excluding steroid dienone is 1. The number of carbonyl (C=O) groups is 2. The van der Waals surface area contributed by atoms with E-state index in [1.807, 2.05) is 30.3 Å². The Morgan fingerprint density at radius 3 is 2.89 bits per heavy atom. The second-order valence-electron chi connectivity index (χ2n) is 6.47. The molecule has 0 aliphatic carbocycles. The van der Waals surface area contributed by atoms with Gasteiger partial charge in [0.2, 0.25) is 0 Å². The van der Waals surface area contributed by atoms with Gasteiger partial charge in [-0.25, -0.2) is 4.79 Å². The molecule has 1 aliphatic heterocycles. The lowest BCUT2D eigenvalue weighted by atomic mass is 9.94. The zero-order valence-corrected chi connectivity index (χ0v) is 15.4. The van der Waals surface area contributed by atoms with E-state index in [1.165, 1.54) is 0 Å². The summed E-state index contributed by atoms with van der Waals surface area (Å²) in [5.74, 6) is 0.341. The molecule has 0 radical (unpaired) electrons. The number of amides is 3. The smallest absolute Gasteiger partial charge is 0.319 e. The largest absolute Gasteiger partial charge is 0.497 e. The Morgan fingerprint density at radius 2 is 2.07 bits per heavy atom. The number of benzene rings is 2. The highest BCUT2D eigenvalue weighted by atomic mass is 16.5. The molecule has 0 fully saturated rings. The molecule has 8 nitrogen and oxygen atoms in total. The molecule has 0 saturated carbocycles. The molecule has 0 bridgehead atoms. The number of fused-ring (bicyclic) bond motifs is 1. The number of hydrogen-bond acceptors (Lipinski definition) is 4. The van der Waals surface area contributed by atoms with Crippen molar-refractivity contribution in [3.63, 3.8) is 0 Å². The summed E-state index contributed by atoms with van der Waals surface area (Å²) in [6.45, 7) is 1.71. The summed E-state index contributed by atoms with van der Waals surface area (Å²) < 4.78 is 5.27. The van der Waals surface area contributed by atoms with Crippen LogP contribution in [0.5, 0.6) is 5.75 Å². The number of ether oxygens (including phenoxy) is 1. The van der Waals surface area contributed by atoms with E-state index in [0.717, 1.165) is 16.5 Å². The lowest BCUT2D eigenvalue weighted by molar-refractivity contribution is -0.113. The van der Waals surface area contributed by atoms with Crippen molar-refractivity contribution in [3.8, 4) is 5.75 Å². The third-order valence-electron chi connectivity index (χ3n) is 4.64. The second kappa shape index (κ2) is 7.07. The number of nitrogens with one attached hydrogen (secondary N) is 4. The molecular weight excluding hydrogens is 358 g/mol. The van der Waals surface area contributed by atoms with E-state index in [4.69, 9.17) is 4.74 Å². The average molecular weight is 377 g/mol. The maximum absolute atomic E-state index is 13.1. The van der Waals surface area contributed by atoms with Crippen molar-refractivity contribution in [2.45, 2.75) is 13.0 Å². The van der Waals surface area contributed by atoms with Gasteiger partial charge in [0, 0.05) is 16.8 Å². The van der Waals surface area contributed by atoms with E-state index in [1.54, 1.807) is 32.4 Å². The Hall–Kier alpha value is -3.81. The summed E-state index contributed by atoms with van der Waals surface area (Å²) in [5, 5.41) is 16.1. The van der Waals surface area contributed by atoms with Crippen LogP contribution in [-0.4, -0.2) is 29.2 Å². The van der Waals surface area contributed by atoms with Crippen LogP contribution in [-0.2, 0) is 4.79 Å². The molecule has 8 heteroatoms. The minimum Gasteiger partial charge on any atom is -0.497 e. The lowest BCUT2D eigenvalue weighted by Gasteiger charge is -2.28. The molecule has 1 atom stereocenters. The third kappa shape index (κ3) is 3.27. The van der Waals surface area contributed by atoms with Gasteiger partial charge in [0.05, 0.1) is 30.4 Å². The number of aromatic nitrogens is 2. The van der Waals surface area contributed by atoms with Crippen molar-refractivity contribution < 1.29 is 14.3 Å². The third-order valence-corrected chi connectivity index (χ3v) is 4.64. The van der Waals surface area contributed by atoms with Crippen molar-refractivity contribution in [1.82, 2.24) is 20.8 Å². The van der Waals surface area contributed by atoms with Gasteiger partial charge in [0.15, 0.2) is 0 Å². The number of carbonyl (C=O) groups excluding carboxylic acids is 2. The molecule has 1 unspecified atom stereocenters. The number of nitrogens with zero attached hydrogens (tertiary/aromatic N) is 1. The van der Waals surface area contributed by atoms with Gasteiger partial charge in [0.25, 0.3) is 5.91 Å². The quantitative estimate of drug-likeness (QED) is 0.561. The fourth-order valence-corrected chi connectivity index (χ4v) is 3.28. The van der Waals surface area contributed by atoms with Gasteiger partial charge in [-0.15, -0.1) is 0 Å². The predicted molar refractivity (Wildman–Crippen MR) is 105 cm³/mol. The van der Waals surface area contributed by atoms with Crippen LogP contribution < -0.4 is 20.7 Å². The molecule has 2 heterocycles. The molecule has 4 N–H and O–H groups in total. The summed E-state index contributed by atoms with van der Waals surface area (Å²) >= 11 is 0. The molecule has 0 saturated heterocycles. The Kier molecular flexibility index (Phi) is 4.44. The molecule has 2 aromatic carbocycles. The fourth-order valence-electron chi connectivity index (χ4n) is 3.28. The van der Waals surface area contributed by atoms with Crippen LogP contribution in [0.3, 0.4) is 0 Å². The van der Waals surface area contributed by atoms with E-state index in [0.29, 0.717) is 22.7 Å². The SMILES string of the molecule is COc1cccc(C2NC(=O)NC(C)=C2C(=O)Nc2ccc3[nH]ncc3c2)c1. The molecule has 28 heavy (non-hydrogen) atoms.